The van der Waals surface area contributed by atoms with E-state index in [-0.39, 0.29) is 5.78 Å². The molecule has 0 N–H and O–H groups in total. The molecule has 0 bridgehead atoms. The van der Waals surface area contributed by atoms with Crippen molar-refractivity contribution in [3.63, 3.8) is 0 Å². The van der Waals surface area contributed by atoms with Crippen LogP contribution in [-0.2, 0) is 11.3 Å². The first-order valence-electron chi connectivity index (χ1n) is 6.49. The number of hydrogen-bond donors (Lipinski definition) is 0. The van der Waals surface area contributed by atoms with Gasteiger partial charge in [0.25, 0.3) is 0 Å². The van der Waals surface area contributed by atoms with Gasteiger partial charge in [0, 0.05) is 29.7 Å². The third kappa shape index (κ3) is 3.89. The van der Waals surface area contributed by atoms with Gasteiger partial charge in [0.05, 0.1) is 5.69 Å². The molecular formula is C14H19BrN2O. The van der Waals surface area contributed by atoms with Crippen LogP contribution < -0.4 is 0 Å². The van der Waals surface area contributed by atoms with Crippen molar-refractivity contribution in [3.8, 4) is 0 Å². The second-order valence-electron chi connectivity index (χ2n) is 4.99. The Kier molecular flexibility index (Phi) is 4.89. The minimum absolute atomic E-state index is 0.288. The molecular weight excluding hydrogens is 292 g/mol. The van der Waals surface area contributed by atoms with Gasteiger partial charge in [0.2, 0.25) is 0 Å². The highest BCUT2D eigenvalue weighted by Gasteiger charge is 2.23. The first kappa shape index (κ1) is 13.7. The van der Waals surface area contributed by atoms with Gasteiger partial charge in [-0.2, -0.15) is 0 Å². The molecule has 0 aromatic carbocycles. The zero-order chi connectivity index (χ0) is 13.0. The van der Waals surface area contributed by atoms with Crippen molar-refractivity contribution in [2.45, 2.75) is 45.2 Å². The summed E-state index contributed by atoms with van der Waals surface area (Å²) >= 11 is 3.39. The van der Waals surface area contributed by atoms with E-state index in [2.05, 4.69) is 25.8 Å². The molecule has 2 heterocycles. The van der Waals surface area contributed by atoms with E-state index in [1.165, 1.54) is 12.8 Å². The van der Waals surface area contributed by atoms with E-state index in [1.54, 1.807) is 6.92 Å². The zero-order valence-corrected chi connectivity index (χ0v) is 12.3. The lowest BCUT2D eigenvalue weighted by Gasteiger charge is -2.35. The Balaban J connectivity index is 2.00. The Morgan fingerprint density at radius 2 is 2.33 bits per heavy atom. The number of carbonyl (C=O) groups excluding carboxylic acids is 1. The van der Waals surface area contributed by atoms with Crippen LogP contribution in [0.3, 0.4) is 0 Å². The SMILES string of the molecule is CC(=O)CC1CCCCN1Cc1ccc(Br)cn1. The fourth-order valence-electron chi connectivity index (χ4n) is 2.54. The molecule has 1 fully saturated rings. The van der Waals surface area contributed by atoms with Crippen LogP contribution in [0.5, 0.6) is 0 Å². The molecule has 18 heavy (non-hydrogen) atoms. The summed E-state index contributed by atoms with van der Waals surface area (Å²) in [6, 6.07) is 4.47. The highest BCUT2D eigenvalue weighted by molar-refractivity contribution is 9.10. The first-order valence-corrected chi connectivity index (χ1v) is 7.28. The van der Waals surface area contributed by atoms with Crippen LogP contribution in [0.4, 0.5) is 0 Å². The Bertz CT molecular complexity index is 405. The van der Waals surface area contributed by atoms with Gasteiger partial charge in [0.1, 0.15) is 5.78 Å². The largest absolute Gasteiger partial charge is 0.300 e. The van der Waals surface area contributed by atoms with Gasteiger partial charge < -0.3 is 0 Å². The van der Waals surface area contributed by atoms with Crippen LogP contribution in [-0.4, -0.2) is 28.3 Å². The number of piperidine rings is 1. The predicted molar refractivity (Wildman–Crippen MR) is 75.3 cm³/mol. The molecule has 1 saturated heterocycles. The molecule has 1 aromatic heterocycles. The maximum absolute atomic E-state index is 11.3. The van der Waals surface area contributed by atoms with E-state index in [9.17, 15) is 4.79 Å². The molecule has 0 amide bonds. The number of nitrogens with zero attached hydrogens (tertiary/aromatic N) is 2. The van der Waals surface area contributed by atoms with Gasteiger partial charge in [-0.05, 0) is 54.4 Å². The molecule has 4 heteroatoms. The van der Waals surface area contributed by atoms with Crippen molar-refractivity contribution in [2.24, 2.45) is 0 Å². The molecule has 1 unspecified atom stereocenters. The number of likely N-dealkylation sites (tertiary alicyclic amines) is 1. The third-order valence-corrected chi connectivity index (χ3v) is 3.89. The molecule has 98 valence electrons. The summed E-state index contributed by atoms with van der Waals surface area (Å²) in [6.45, 7) is 3.62. The summed E-state index contributed by atoms with van der Waals surface area (Å²) in [5, 5.41) is 0. The number of halogens is 1. The van der Waals surface area contributed by atoms with Crippen LogP contribution in [0.25, 0.3) is 0 Å². The number of Topliss-reactive ketones (excluding diaryl/α,β-unsaturated/α-hetero) is 1. The van der Waals surface area contributed by atoms with E-state index in [0.29, 0.717) is 12.5 Å². The average molecular weight is 311 g/mol. The predicted octanol–water partition coefficient (Wildman–Crippen LogP) is 3.18. The highest BCUT2D eigenvalue weighted by Crippen LogP contribution is 2.22. The lowest BCUT2D eigenvalue weighted by atomic mass is 9.97. The van der Waals surface area contributed by atoms with E-state index in [4.69, 9.17) is 0 Å². The molecule has 1 atom stereocenters. The Labute approximate surface area is 117 Å². The number of rotatable bonds is 4. The fourth-order valence-corrected chi connectivity index (χ4v) is 2.77. The molecule has 0 saturated carbocycles. The second-order valence-corrected chi connectivity index (χ2v) is 5.91. The zero-order valence-electron chi connectivity index (χ0n) is 10.7. The Morgan fingerprint density at radius 1 is 1.50 bits per heavy atom. The van der Waals surface area contributed by atoms with Gasteiger partial charge in [-0.25, -0.2) is 0 Å². The maximum Gasteiger partial charge on any atom is 0.131 e. The summed E-state index contributed by atoms with van der Waals surface area (Å²) in [6.07, 6.45) is 6.11. The van der Waals surface area contributed by atoms with E-state index >= 15 is 0 Å². The van der Waals surface area contributed by atoms with E-state index in [1.807, 2.05) is 18.3 Å². The van der Waals surface area contributed by atoms with E-state index < -0.39 is 0 Å². The summed E-state index contributed by atoms with van der Waals surface area (Å²) in [7, 11) is 0. The van der Waals surface area contributed by atoms with Gasteiger partial charge in [-0.1, -0.05) is 6.42 Å². The number of aromatic nitrogens is 1. The van der Waals surface area contributed by atoms with Crippen molar-refractivity contribution < 1.29 is 4.79 Å². The molecule has 3 nitrogen and oxygen atoms in total. The lowest BCUT2D eigenvalue weighted by molar-refractivity contribution is -0.118. The first-order chi connectivity index (χ1) is 8.65. The topological polar surface area (TPSA) is 33.2 Å². The molecule has 1 aliphatic rings. The fraction of sp³-hybridized carbons (Fsp3) is 0.571. The number of carbonyl (C=O) groups is 1. The van der Waals surface area contributed by atoms with Crippen LogP contribution in [0.1, 0.15) is 38.3 Å². The Hall–Kier alpha value is -0.740. The van der Waals surface area contributed by atoms with Crippen molar-refractivity contribution in [1.29, 1.82) is 0 Å². The number of hydrogen-bond acceptors (Lipinski definition) is 3. The monoisotopic (exact) mass is 310 g/mol. The van der Waals surface area contributed by atoms with Gasteiger partial charge in [-0.3, -0.25) is 14.7 Å². The summed E-state index contributed by atoms with van der Waals surface area (Å²) in [4.78, 5) is 18.1. The average Bonchev–Trinajstić information content (AvgIpc) is 2.34. The molecule has 1 aliphatic heterocycles. The normalized spacial score (nSPS) is 20.9. The summed E-state index contributed by atoms with van der Waals surface area (Å²) in [5.74, 6) is 0.288. The number of ketones is 1. The second kappa shape index (κ2) is 6.43. The molecule has 0 aliphatic carbocycles. The minimum Gasteiger partial charge on any atom is -0.300 e. The van der Waals surface area contributed by atoms with E-state index in [0.717, 1.165) is 29.7 Å². The van der Waals surface area contributed by atoms with Crippen molar-refractivity contribution in [3.05, 3.63) is 28.5 Å². The van der Waals surface area contributed by atoms with Crippen molar-refractivity contribution in [1.82, 2.24) is 9.88 Å². The third-order valence-electron chi connectivity index (χ3n) is 3.43. The minimum atomic E-state index is 0.288. The summed E-state index contributed by atoms with van der Waals surface area (Å²) < 4.78 is 1.00. The highest BCUT2D eigenvalue weighted by atomic mass is 79.9. The molecule has 0 radical (unpaired) electrons. The van der Waals surface area contributed by atoms with Gasteiger partial charge in [0.15, 0.2) is 0 Å². The molecule has 0 spiro atoms. The lowest BCUT2D eigenvalue weighted by Crippen LogP contribution is -2.40. The van der Waals surface area contributed by atoms with Gasteiger partial charge >= 0.3 is 0 Å². The van der Waals surface area contributed by atoms with Crippen molar-refractivity contribution in [2.75, 3.05) is 6.54 Å². The van der Waals surface area contributed by atoms with Crippen LogP contribution in [0.15, 0.2) is 22.8 Å². The smallest absolute Gasteiger partial charge is 0.131 e. The van der Waals surface area contributed by atoms with Crippen LogP contribution in [0, 0.1) is 0 Å². The quantitative estimate of drug-likeness (QED) is 0.856. The van der Waals surface area contributed by atoms with Crippen LogP contribution >= 0.6 is 15.9 Å². The molecule has 2 rings (SSSR count). The Morgan fingerprint density at radius 3 is 3.00 bits per heavy atom. The van der Waals surface area contributed by atoms with Crippen LogP contribution in [0.2, 0.25) is 0 Å². The number of pyridine rings is 1. The van der Waals surface area contributed by atoms with Gasteiger partial charge in [-0.15, -0.1) is 0 Å². The standard InChI is InChI=1S/C14H19BrN2O/c1-11(18)8-14-4-2-3-7-17(14)10-13-6-5-12(15)9-16-13/h5-6,9,14H,2-4,7-8,10H2,1H3. The maximum atomic E-state index is 11.3. The summed E-state index contributed by atoms with van der Waals surface area (Å²) in [5.41, 5.74) is 1.08. The molecule has 1 aromatic rings. The van der Waals surface area contributed by atoms with Crippen molar-refractivity contribution >= 4 is 21.7 Å².